The smallest absolute Gasteiger partial charge is 0.325 e. The second-order valence-electron chi connectivity index (χ2n) is 6.05. The van der Waals surface area contributed by atoms with Crippen molar-refractivity contribution in [1.82, 2.24) is 14.9 Å². The number of aryl methyl sites for hydroxylation is 1. The number of carbonyl (C=O) groups excluding carboxylic acids is 2. The van der Waals surface area contributed by atoms with E-state index in [0.717, 1.165) is 5.56 Å². The lowest BCUT2D eigenvalue weighted by Crippen LogP contribution is -2.41. The van der Waals surface area contributed by atoms with Gasteiger partial charge in [-0.15, -0.1) is 0 Å². The average Bonchev–Trinajstić information content (AvgIpc) is 2.55. The van der Waals surface area contributed by atoms with Crippen molar-refractivity contribution in [2.24, 2.45) is 0 Å². The molecule has 0 radical (unpaired) electrons. The van der Waals surface area contributed by atoms with Crippen LogP contribution in [0.2, 0.25) is 0 Å². The summed E-state index contributed by atoms with van der Waals surface area (Å²) in [4.78, 5) is 53.8. The molecule has 130 valence electrons. The van der Waals surface area contributed by atoms with Crippen LogP contribution in [0, 0.1) is 6.92 Å². The van der Waals surface area contributed by atoms with Crippen molar-refractivity contribution in [2.75, 3.05) is 11.9 Å². The molecule has 2 aromatic rings. The lowest BCUT2D eigenvalue weighted by Gasteiger charge is -2.28. The summed E-state index contributed by atoms with van der Waals surface area (Å²) in [5, 5.41) is 2.66. The molecule has 0 spiro atoms. The Labute approximate surface area is 142 Å². The summed E-state index contributed by atoms with van der Waals surface area (Å²) >= 11 is 0. The van der Waals surface area contributed by atoms with Gasteiger partial charge in [-0.1, -0.05) is 6.07 Å². The van der Waals surface area contributed by atoms with Gasteiger partial charge < -0.3 is 15.2 Å². The Balaban J connectivity index is 1.90. The molecule has 0 unspecified atom stereocenters. The number of rotatable bonds is 2. The Morgan fingerprint density at radius 2 is 1.96 bits per heavy atom. The van der Waals surface area contributed by atoms with E-state index >= 15 is 0 Å². The van der Waals surface area contributed by atoms with Gasteiger partial charge >= 0.3 is 5.69 Å². The number of amides is 2. The molecule has 3 N–H and O–H groups in total. The maximum absolute atomic E-state index is 12.9. The zero-order valence-electron chi connectivity index (χ0n) is 13.9. The molecular formula is C17H18N4O4. The van der Waals surface area contributed by atoms with E-state index in [9.17, 15) is 19.2 Å². The number of nitrogens with one attached hydrogen (secondary N) is 3. The number of carbonyl (C=O) groups is 2. The van der Waals surface area contributed by atoms with Gasteiger partial charge in [-0.3, -0.25) is 19.4 Å². The summed E-state index contributed by atoms with van der Waals surface area (Å²) in [5.74, 6) is -0.439. The van der Waals surface area contributed by atoms with Gasteiger partial charge in [0.2, 0.25) is 5.91 Å². The quantitative estimate of drug-likeness (QED) is 0.738. The topological polar surface area (TPSA) is 115 Å². The third-order valence-electron chi connectivity index (χ3n) is 4.19. The zero-order valence-corrected chi connectivity index (χ0v) is 13.9. The van der Waals surface area contributed by atoms with E-state index in [1.807, 2.05) is 6.92 Å². The normalized spacial score (nSPS) is 13.3. The molecule has 0 fully saturated rings. The van der Waals surface area contributed by atoms with E-state index in [-0.39, 0.29) is 18.4 Å². The van der Waals surface area contributed by atoms with Crippen LogP contribution < -0.4 is 16.6 Å². The van der Waals surface area contributed by atoms with Gasteiger partial charge in [0.25, 0.3) is 11.5 Å². The van der Waals surface area contributed by atoms with Gasteiger partial charge in [0.15, 0.2) is 0 Å². The molecule has 1 aromatic heterocycles. The van der Waals surface area contributed by atoms with E-state index in [1.54, 1.807) is 23.1 Å². The fourth-order valence-corrected chi connectivity index (χ4v) is 2.93. The van der Waals surface area contributed by atoms with Crippen molar-refractivity contribution < 1.29 is 9.59 Å². The van der Waals surface area contributed by atoms with E-state index < -0.39 is 11.2 Å². The van der Waals surface area contributed by atoms with Crippen molar-refractivity contribution in [3.05, 3.63) is 61.4 Å². The maximum atomic E-state index is 12.9. The second-order valence-corrected chi connectivity index (χ2v) is 6.05. The fourth-order valence-electron chi connectivity index (χ4n) is 2.93. The highest BCUT2D eigenvalue weighted by atomic mass is 16.2. The lowest BCUT2D eigenvalue weighted by molar-refractivity contribution is -0.114. The van der Waals surface area contributed by atoms with Gasteiger partial charge in [-0.05, 0) is 24.6 Å². The van der Waals surface area contributed by atoms with E-state index in [4.69, 9.17) is 0 Å². The van der Waals surface area contributed by atoms with E-state index in [1.165, 1.54) is 6.92 Å². The number of fused-ring (bicyclic) bond motifs is 1. The molecule has 0 saturated heterocycles. The summed E-state index contributed by atoms with van der Waals surface area (Å²) in [6, 6.07) is 5.13. The van der Waals surface area contributed by atoms with E-state index in [0.29, 0.717) is 35.5 Å². The molecule has 2 amide bonds. The predicted octanol–water partition coefficient (Wildman–Crippen LogP) is 0.529. The Morgan fingerprint density at radius 3 is 2.68 bits per heavy atom. The Kier molecular flexibility index (Phi) is 4.26. The minimum Gasteiger partial charge on any atom is -0.334 e. The first-order chi connectivity index (χ1) is 11.8. The van der Waals surface area contributed by atoms with Crippen LogP contribution in [-0.2, 0) is 17.8 Å². The number of hydrogen-bond donors (Lipinski definition) is 3. The van der Waals surface area contributed by atoms with Crippen molar-refractivity contribution in [1.29, 1.82) is 0 Å². The van der Waals surface area contributed by atoms with E-state index in [2.05, 4.69) is 15.3 Å². The summed E-state index contributed by atoms with van der Waals surface area (Å²) < 4.78 is 0. The van der Waals surface area contributed by atoms with Crippen LogP contribution in [0.15, 0.2) is 27.8 Å². The number of nitrogens with zero attached hydrogens (tertiary/aromatic N) is 1. The minimum atomic E-state index is -0.539. The summed E-state index contributed by atoms with van der Waals surface area (Å²) in [6.45, 7) is 3.74. The first-order valence-electron chi connectivity index (χ1n) is 7.87. The number of aromatic nitrogens is 2. The van der Waals surface area contributed by atoms with Gasteiger partial charge in [0.05, 0.1) is 12.1 Å². The SMILES string of the molecule is CC(=O)Nc1ccc(C)c(C(=O)N2CCc3[nH]c(=O)[nH]c(=O)c3C2)c1. The molecule has 0 bridgehead atoms. The van der Waals surface area contributed by atoms with Crippen LogP contribution in [0.4, 0.5) is 5.69 Å². The lowest BCUT2D eigenvalue weighted by atomic mass is 10.0. The molecule has 0 atom stereocenters. The number of anilines is 1. The largest absolute Gasteiger partial charge is 0.334 e. The molecule has 0 saturated carbocycles. The molecule has 1 aliphatic rings. The second kappa shape index (κ2) is 6.39. The molecule has 8 heteroatoms. The third kappa shape index (κ3) is 3.37. The van der Waals surface area contributed by atoms with Crippen molar-refractivity contribution >= 4 is 17.5 Å². The van der Waals surface area contributed by atoms with Gasteiger partial charge in [0, 0.05) is 36.8 Å². The van der Waals surface area contributed by atoms with Crippen LogP contribution in [-0.4, -0.2) is 33.2 Å². The monoisotopic (exact) mass is 342 g/mol. The van der Waals surface area contributed by atoms with Crippen molar-refractivity contribution in [3.8, 4) is 0 Å². The Bertz CT molecular complexity index is 973. The summed E-state index contributed by atoms with van der Waals surface area (Å²) in [7, 11) is 0. The number of hydrogen-bond acceptors (Lipinski definition) is 4. The average molecular weight is 342 g/mol. The Morgan fingerprint density at radius 1 is 1.20 bits per heavy atom. The zero-order chi connectivity index (χ0) is 18.1. The van der Waals surface area contributed by atoms with Gasteiger partial charge in [0.1, 0.15) is 0 Å². The number of H-pyrrole nitrogens is 2. The first kappa shape index (κ1) is 16.7. The molecule has 8 nitrogen and oxygen atoms in total. The van der Waals surface area contributed by atoms with Crippen molar-refractivity contribution in [2.45, 2.75) is 26.8 Å². The summed E-state index contributed by atoms with van der Waals surface area (Å²) in [6.07, 6.45) is 0.407. The highest BCUT2D eigenvalue weighted by molar-refractivity contribution is 5.98. The van der Waals surface area contributed by atoms with Gasteiger partial charge in [-0.2, -0.15) is 0 Å². The van der Waals surface area contributed by atoms with Gasteiger partial charge in [-0.25, -0.2) is 4.79 Å². The fraction of sp³-hybridized carbons (Fsp3) is 0.294. The standard InChI is InChI=1S/C17H18N4O4/c1-9-3-4-11(18-10(2)22)7-12(9)16(24)21-6-5-14-13(8-21)15(23)20-17(25)19-14/h3-4,7H,5-6,8H2,1-2H3,(H,18,22)(H2,19,20,23,25). The first-order valence-corrected chi connectivity index (χ1v) is 7.87. The Hall–Kier alpha value is -3.16. The summed E-state index contributed by atoms with van der Waals surface area (Å²) in [5.41, 5.74) is 1.75. The predicted molar refractivity (Wildman–Crippen MR) is 91.6 cm³/mol. The number of aromatic amines is 2. The number of benzene rings is 1. The van der Waals surface area contributed by atoms with Crippen LogP contribution in [0.25, 0.3) is 0 Å². The van der Waals surface area contributed by atoms with Crippen molar-refractivity contribution in [3.63, 3.8) is 0 Å². The van der Waals surface area contributed by atoms with Crippen LogP contribution in [0.5, 0.6) is 0 Å². The highest BCUT2D eigenvalue weighted by Crippen LogP contribution is 2.20. The maximum Gasteiger partial charge on any atom is 0.325 e. The molecule has 3 rings (SSSR count). The molecule has 0 aliphatic carbocycles. The molecular weight excluding hydrogens is 324 g/mol. The molecule has 1 aliphatic heterocycles. The van der Waals surface area contributed by atoms with Crippen LogP contribution in [0.3, 0.4) is 0 Å². The van der Waals surface area contributed by atoms with Crippen LogP contribution >= 0.6 is 0 Å². The molecule has 2 heterocycles. The third-order valence-corrected chi connectivity index (χ3v) is 4.19. The molecule has 1 aromatic carbocycles. The minimum absolute atomic E-state index is 0.129. The highest BCUT2D eigenvalue weighted by Gasteiger charge is 2.25. The van der Waals surface area contributed by atoms with Crippen LogP contribution in [0.1, 0.15) is 34.1 Å². The molecule has 25 heavy (non-hydrogen) atoms.